The predicted molar refractivity (Wildman–Crippen MR) is 109 cm³/mol. The van der Waals surface area contributed by atoms with Gasteiger partial charge in [0.1, 0.15) is 9.90 Å². The lowest BCUT2D eigenvalue weighted by Crippen LogP contribution is -2.14. The summed E-state index contributed by atoms with van der Waals surface area (Å²) in [6.45, 7) is 0. The molecule has 4 rings (SSSR count). The van der Waals surface area contributed by atoms with Gasteiger partial charge in [0.25, 0.3) is 10.0 Å². The third kappa shape index (κ3) is 3.25. The highest BCUT2D eigenvalue weighted by molar-refractivity contribution is 7.93. The summed E-state index contributed by atoms with van der Waals surface area (Å²) >= 11 is 8.71. The number of para-hydroxylation sites is 1. The highest BCUT2D eigenvalue weighted by Crippen LogP contribution is 2.32. The molecule has 0 atom stereocenters. The van der Waals surface area contributed by atoms with E-state index in [1.165, 1.54) is 22.7 Å². The lowest BCUT2D eigenvalue weighted by atomic mass is 10.2. The normalized spacial score (nSPS) is 11.9. The van der Waals surface area contributed by atoms with Crippen LogP contribution in [0.25, 0.3) is 21.6 Å². The SMILES string of the molecule is O=S(=O)(Nc1cccc2cc(-c3nccs3)[nH]c12)c1ccsc1CCCl. The molecule has 0 amide bonds. The number of alkyl halides is 1. The van der Waals surface area contributed by atoms with Crippen LogP contribution in [-0.4, -0.2) is 24.3 Å². The number of fused-ring (bicyclic) bond motifs is 1. The molecule has 0 bridgehead atoms. The molecule has 26 heavy (non-hydrogen) atoms. The minimum absolute atomic E-state index is 0.284. The van der Waals surface area contributed by atoms with Gasteiger partial charge >= 0.3 is 0 Å². The number of hydrogen-bond acceptors (Lipinski definition) is 5. The molecular weight excluding hydrogens is 410 g/mol. The van der Waals surface area contributed by atoms with E-state index in [2.05, 4.69) is 14.7 Å². The summed E-state index contributed by atoms with van der Waals surface area (Å²) in [5.74, 6) is 0.381. The number of anilines is 1. The van der Waals surface area contributed by atoms with Gasteiger partial charge in [0, 0.05) is 27.7 Å². The fourth-order valence-electron chi connectivity index (χ4n) is 2.75. The number of thiazole rings is 1. The van der Waals surface area contributed by atoms with Gasteiger partial charge in [-0.05, 0) is 30.0 Å². The van der Waals surface area contributed by atoms with E-state index in [1.807, 2.05) is 23.6 Å². The first-order valence-corrected chi connectivity index (χ1v) is 11.5. The van der Waals surface area contributed by atoms with E-state index in [1.54, 1.807) is 23.7 Å². The molecule has 0 aliphatic rings. The molecule has 1 aromatic carbocycles. The number of halogens is 1. The van der Waals surface area contributed by atoms with Gasteiger partial charge in [0.2, 0.25) is 0 Å². The fraction of sp³-hybridized carbons (Fsp3) is 0.118. The van der Waals surface area contributed by atoms with Crippen LogP contribution in [0.4, 0.5) is 5.69 Å². The van der Waals surface area contributed by atoms with Crippen molar-refractivity contribution in [2.45, 2.75) is 11.3 Å². The topological polar surface area (TPSA) is 74.8 Å². The summed E-state index contributed by atoms with van der Waals surface area (Å²) in [5, 5.41) is 5.45. The number of aromatic amines is 1. The van der Waals surface area contributed by atoms with Crippen molar-refractivity contribution in [2.24, 2.45) is 0 Å². The van der Waals surface area contributed by atoms with Gasteiger partial charge in [-0.1, -0.05) is 12.1 Å². The first kappa shape index (κ1) is 17.5. The van der Waals surface area contributed by atoms with Crippen molar-refractivity contribution in [3.8, 4) is 10.7 Å². The Morgan fingerprint density at radius 3 is 2.85 bits per heavy atom. The Kier molecular flexibility index (Phi) is 4.74. The standard InChI is InChI=1S/C17H14ClN3O2S3/c18-6-4-14-15(5-8-24-14)26(22,23)21-12-3-1-2-11-10-13(20-16(11)12)17-19-7-9-25-17/h1-3,5,7-10,20-21H,4,6H2. The Hall–Kier alpha value is -1.87. The molecule has 0 radical (unpaired) electrons. The maximum absolute atomic E-state index is 12.9. The third-order valence-electron chi connectivity index (χ3n) is 3.88. The third-order valence-corrected chi connectivity index (χ3v) is 7.43. The molecule has 0 aliphatic carbocycles. The van der Waals surface area contributed by atoms with Crippen LogP contribution in [0.2, 0.25) is 0 Å². The maximum atomic E-state index is 12.9. The molecule has 0 saturated heterocycles. The molecule has 9 heteroatoms. The lowest BCUT2D eigenvalue weighted by Gasteiger charge is -2.09. The van der Waals surface area contributed by atoms with Crippen molar-refractivity contribution < 1.29 is 8.42 Å². The Morgan fingerprint density at radius 1 is 1.19 bits per heavy atom. The number of benzene rings is 1. The van der Waals surface area contributed by atoms with Gasteiger partial charge < -0.3 is 4.98 Å². The number of rotatable bonds is 6. The maximum Gasteiger partial charge on any atom is 0.263 e. The van der Waals surface area contributed by atoms with Crippen LogP contribution in [0, 0.1) is 0 Å². The minimum atomic E-state index is -3.69. The van der Waals surface area contributed by atoms with Crippen molar-refractivity contribution in [3.63, 3.8) is 0 Å². The monoisotopic (exact) mass is 423 g/mol. The second-order valence-corrected chi connectivity index (χ2v) is 9.47. The molecule has 0 spiro atoms. The summed E-state index contributed by atoms with van der Waals surface area (Å²) in [5.41, 5.74) is 2.10. The van der Waals surface area contributed by atoms with Gasteiger partial charge in [-0.15, -0.1) is 34.3 Å². The smallest absolute Gasteiger partial charge is 0.263 e. The van der Waals surface area contributed by atoms with Crippen molar-refractivity contribution >= 4 is 60.9 Å². The van der Waals surface area contributed by atoms with Crippen LogP contribution in [0.3, 0.4) is 0 Å². The number of nitrogens with zero attached hydrogens (tertiary/aromatic N) is 1. The zero-order valence-electron chi connectivity index (χ0n) is 13.4. The summed E-state index contributed by atoms with van der Waals surface area (Å²) < 4.78 is 28.4. The second-order valence-electron chi connectivity index (χ2n) is 5.54. The van der Waals surface area contributed by atoms with E-state index < -0.39 is 10.0 Å². The zero-order chi connectivity index (χ0) is 18.1. The van der Waals surface area contributed by atoms with Crippen LogP contribution in [-0.2, 0) is 16.4 Å². The van der Waals surface area contributed by atoms with Crippen molar-refractivity contribution in [1.82, 2.24) is 9.97 Å². The summed E-state index contributed by atoms with van der Waals surface area (Å²) in [6.07, 6.45) is 2.26. The molecule has 4 aromatic rings. The van der Waals surface area contributed by atoms with E-state index in [9.17, 15) is 8.42 Å². The fourth-order valence-corrected chi connectivity index (χ4v) is 6.21. The molecule has 0 aliphatic heterocycles. The predicted octanol–water partition coefficient (Wildman–Crippen LogP) is 4.94. The van der Waals surface area contributed by atoms with Crippen LogP contribution >= 0.6 is 34.3 Å². The lowest BCUT2D eigenvalue weighted by molar-refractivity contribution is 0.601. The van der Waals surface area contributed by atoms with E-state index in [4.69, 9.17) is 11.6 Å². The quantitative estimate of drug-likeness (QED) is 0.431. The molecular formula is C17H14ClN3O2S3. The number of hydrogen-bond donors (Lipinski definition) is 2. The largest absolute Gasteiger partial charge is 0.351 e. The molecule has 0 saturated carbocycles. The Morgan fingerprint density at radius 2 is 2.08 bits per heavy atom. The number of aryl methyl sites for hydroxylation is 1. The highest BCUT2D eigenvalue weighted by Gasteiger charge is 2.21. The summed E-state index contributed by atoms with van der Waals surface area (Å²) in [6, 6.07) is 9.09. The second kappa shape index (κ2) is 7.03. The average molecular weight is 424 g/mol. The van der Waals surface area contributed by atoms with Gasteiger partial charge in [-0.3, -0.25) is 4.72 Å². The first-order chi connectivity index (χ1) is 12.6. The Labute approximate surface area is 163 Å². The van der Waals surface area contributed by atoms with Crippen LogP contribution in [0.5, 0.6) is 0 Å². The van der Waals surface area contributed by atoms with Crippen molar-refractivity contribution in [1.29, 1.82) is 0 Å². The average Bonchev–Trinajstić information content (AvgIpc) is 3.35. The van der Waals surface area contributed by atoms with Crippen LogP contribution in [0.15, 0.2) is 52.2 Å². The van der Waals surface area contributed by atoms with Crippen molar-refractivity contribution in [2.75, 3.05) is 10.6 Å². The summed E-state index contributed by atoms with van der Waals surface area (Å²) in [4.78, 5) is 8.62. The van der Waals surface area contributed by atoms with Gasteiger partial charge in [0.05, 0.1) is 16.9 Å². The van der Waals surface area contributed by atoms with E-state index >= 15 is 0 Å². The first-order valence-electron chi connectivity index (χ1n) is 7.75. The van der Waals surface area contributed by atoms with Gasteiger partial charge in [-0.25, -0.2) is 13.4 Å². The van der Waals surface area contributed by atoms with E-state index in [-0.39, 0.29) is 4.90 Å². The summed E-state index contributed by atoms with van der Waals surface area (Å²) in [7, 11) is -3.69. The van der Waals surface area contributed by atoms with E-state index in [0.29, 0.717) is 18.0 Å². The zero-order valence-corrected chi connectivity index (χ0v) is 16.6. The molecule has 134 valence electrons. The number of thiophene rings is 1. The van der Waals surface area contributed by atoms with Crippen LogP contribution < -0.4 is 4.72 Å². The minimum Gasteiger partial charge on any atom is -0.351 e. The Bertz CT molecular complexity index is 1150. The molecule has 2 N–H and O–H groups in total. The number of nitrogens with one attached hydrogen (secondary N) is 2. The number of sulfonamides is 1. The van der Waals surface area contributed by atoms with Gasteiger partial charge in [0.15, 0.2) is 0 Å². The Balaban J connectivity index is 1.74. The molecule has 5 nitrogen and oxygen atoms in total. The van der Waals surface area contributed by atoms with Crippen molar-refractivity contribution in [3.05, 3.63) is 52.2 Å². The molecule has 0 unspecified atom stereocenters. The number of H-pyrrole nitrogens is 1. The van der Waals surface area contributed by atoms with Gasteiger partial charge in [-0.2, -0.15) is 0 Å². The highest BCUT2D eigenvalue weighted by atomic mass is 35.5. The number of aromatic nitrogens is 2. The van der Waals surface area contributed by atoms with E-state index in [0.717, 1.165) is 26.5 Å². The van der Waals surface area contributed by atoms with Crippen LogP contribution in [0.1, 0.15) is 4.88 Å². The molecule has 3 aromatic heterocycles. The molecule has 3 heterocycles. The molecule has 0 fully saturated rings.